The molecule has 0 spiro atoms. The number of hydrogen-bond donors (Lipinski definition) is 3. The van der Waals surface area contributed by atoms with Crippen LogP contribution in [0.1, 0.15) is 31.8 Å². The molecule has 24 heavy (non-hydrogen) atoms. The van der Waals surface area contributed by atoms with Crippen molar-refractivity contribution in [3.63, 3.8) is 0 Å². The predicted octanol–water partition coefficient (Wildman–Crippen LogP) is -0.0438. The first-order valence-electron chi connectivity index (χ1n) is 7.67. The Balaban J connectivity index is 1.94. The molecule has 0 saturated heterocycles. The van der Waals surface area contributed by atoms with Gasteiger partial charge in [0.15, 0.2) is 18.1 Å². The van der Waals surface area contributed by atoms with E-state index in [1.54, 1.807) is 47.8 Å². The second kappa shape index (κ2) is 6.74. The molecule has 0 bridgehead atoms. The van der Waals surface area contributed by atoms with Gasteiger partial charge in [0.2, 0.25) is 0 Å². The van der Waals surface area contributed by atoms with Crippen molar-refractivity contribution in [1.29, 1.82) is 0 Å². The fourth-order valence-corrected chi connectivity index (χ4v) is 2.77. The largest absolute Gasteiger partial charge is 0.391 e. The summed E-state index contributed by atoms with van der Waals surface area (Å²) in [6, 6.07) is 11.5. The number of aliphatic hydroxyl groups excluding tert-OH is 1. The van der Waals surface area contributed by atoms with Crippen LogP contribution in [-0.2, 0) is 4.79 Å². The number of carbonyl (C=O) groups excluding carboxylic acids is 3. The van der Waals surface area contributed by atoms with E-state index in [0.717, 1.165) is 0 Å². The SMILES string of the molecule is O=C(C[NH2+]CCO)Nc1cccc2c1C(=O)c1ccccc1C2=O. The number of aliphatic hydroxyl groups is 1. The summed E-state index contributed by atoms with van der Waals surface area (Å²) in [4.78, 5) is 37.4. The zero-order valence-electron chi connectivity index (χ0n) is 12.9. The summed E-state index contributed by atoms with van der Waals surface area (Å²) in [5.41, 5.74) is 1.61. The maximum absolute atomic E-state index is 12.8. The Morgan fingerprint density at radius 2 is 1.62 bits per heavy atom. The van der Waals surface area contributed by atoms with Crippen molar-refractivity contribution in [2.45, 2.75) is 0 Å². The van der Waals surface area contributed by atoms with Crippen molar-refractivity contribution in [2.24, 2.45) is 0 Å². The first-order chi connectivity index (χ1) is 11.6. The monoisotopic (exact) mass is 325 g/mol. The standard InChI is InChI=1S/C18H16N2O4/c21-9-8-19-10-15(22)20-14-7-3-6-13-16(14)18(24)12-5-2-1-4-11(12)17(13)23/h1-7,19,21H,8-10H2,(H,20,22)/p+1. The van der Waals surface area contributed by atoms with E-state index in [1.807, 2.05) is 0 Å². The number of nitrogens with two attached hydrogens (primary N) is 1. The van der Waals surface area contributed by atoms with Crippen molar-refractivity contribution >= 4 is 23.2 Å². The highest BCUT2D eigenvalue weighted by molar-refractivity contribution is 6.30. The summed E-state index contributed by atoms with van der Waals surface area (Å²) in [5.74, 6) is -0.783. The number of nitrogens with one attached hydrogen (secondary N) is 1. The molecule has 0 aliphatic heterocycles. The van der Waals surface area contributed by atoms with Crippen molar-refractivity contribution in [2.75, 3.05) is 25.0 Å². The van der Waals surface area contributed by atoms with Gasteiger partial charge in [0.25, 0.3) is 5.91 Å². The number of benzene rings is 2. The zero-order valence-corrected chi connectivity index (χ0v) is 12.9. The Bertz CT molecular complexity index is 830. The molecule has 0 unspecified atom stereocenters. The molecule has 0 saturated carbocycles. The molecule has 0 radical (unpaired) electrons. The van der Waals surface area contributed by atoms with Crippen LogP contribution < -0.4 is 10.6 Å². The van der Waals surface area contributed by atoms with Crippen LogP contribution >= 0.6 is 0 Å². The van der Waals surface area contributed by atoms with Gasteiger partial charge in [-0.3, -0.25) is 14.4 Å². The topological polar surface area (TPSA) is 100 Å². The quantitative estimate of drug-likeness (QED) is 0.573. The van der Waals surface area contributed by atoms with Gasteiger partial charge >= 0.3 is 0 Å². The van der Waals surface area contributed by atoms with E-state index >= 15 is 0 Å². The second-order valence-corrected chi connectivity index (χ2v) is 5.49. The molecule has 1 aliphatic rings. The number of anilines is 1. The Morgan fingerprint density at radius 3 is 2.33 bits per heavy atom. The molecule has 6 heteroatoms. The minimum absolute atomic E-state index is 0.0161. The lowest BCUT2D eigenvalue weighted by molar-refractivity contribution is -0.644. The number of amides is 1. The summed E-state index contributed by atoms with van der Waals surface area (Å²) in [6.45, 7) is 0.534. The Morgan fingerprint density at radius 1 is 0.958 bits per heavy atom. The zero-order chi connectivity index (χ0) is 17.1. The summed E-state index contributed by atoms with van der Waals surface area (Å²) in [5, 5.41) is 13.1. The molecule has 0 heterocycles. The van der Waals surface area contributed by atoms with Gasteiger partial charge in [0.1, 0.15) is 0 Å². The Hall–Kier alpha value is -2.83. The molecule has 122 valence electrons. The van der Waals surface area contributed by atoms with E-state index in [4.69, 9.17) is 5.11 Å². The van der Waals surface area contributed by atoms with Gasteiger partial charge in [0.05, 0.1) is 24.4 Å². The maximum atomic E-state index is 12.8. The fourth-order valence-electron chi connectivity index (χ4n) is 2.77. The van der Waals surface area contributed by atoms with Gasteiger partial charge < -0.3 is 15.7 Å². The molecule has 0 aromatic heterocycles. The Kier molecular flexibility index (Phi) is 4.50. The van der Waals surface area contributed by atoms with E-state index in [2.05, 4.69) is 5.32 Å². The number of rotatable bonds is 5. The van der Waals surface area contributed by atoms with Gasteiger partial charge in [-0.2, -0.15) is 0 Å². The Labute approximate surface area is 138 Å². The lowest BCUT2D eigenvalue weighted by Gasteiger charge is -2.20. The number of quaternary nitrogens is 1. The molecule has 0 atom stereocenters. The first kappa shape index (κ1) is 16.0. The second-order valence-electron chi connectivity index (χ2n) is 5.49. The van der Waals surface area contributed by atoms with Crippen LogP contribution in [0.5, 0.6) is 0 Å². The minimum atomic E-state index is -0.295. The molecule has 0 fully saturated rings. The highest BCUT2D eigenvalue weighted by Gasteiger charge is 2.31. The van der Waals surface area contributed by atoms with E-state index in [1.165, 1.54) is 0 Å². The number of carbonyl (C=O) groups is 3. The highest BCUT2D eigenvalue weighted by Crippen LogP contribution is 2.31. The number of hydrogen-bond acceptors (Lipinski definition) is 4. The summed E-state index contributed by atoms with van der Waals surface area (Å²) < 4.78 is 0. The predicted molar refractivity (Wildman–Crippen MR) is 87.1 cm³/mol. The first-order valence-corrected chi connectivity index (χ1v) is 7.67. The highest BCUT2D eigenvalue weighted by atomic mass is 16.3. The average Bonchev–Trinajstić information content (AvgIpc) is 2.60. The van der Waals surface area contributed by atoms with Crippen molar-refractivity contribution < 1.29 is 24.8 Å². The third-order valence-corrected chi connectivity index (χ3v) is 3.89. The van der Waals surface area contributed by atoms with Gasteiger partial charge in [-0.05, 0) is 6.07 Å². The minimum Gasteiger partial charge on any atom is -0.391 e. The van der Waals surface area contributed by atoms with Crippen LogP contribution in [0.25, 0.3) is 0 Å². The molecule has 2 aromatic rings. The number of fused-ring (bicyclic) bond motifs is 2. The molecule has 1 amide bonds. The maximum Gasteiger partial charge on any atom is 0.279 e. The van der Waals surface area contributed by atoms with Crippen molar-refractivity contribution in [3.8, 4) is 0 Å². The van der Waals surface area contributed by atoms with E-state index in [9.17, 15) is 14.4 Å². The third-order valence-electron chi connectivity index (χ3n) is 3.89. The molecule has 1 aliphatic carbocycles. The van der Waals surface area contributed by atoms with E-state index in [0.29, 0.717) is 28.9 Å². The van der Waals surface area contributed by atoms with Crippen LogP contribution in [0.15, 0.2) is 42.5 Å². The fraction of sp³-hybridized carbons (Fsp3) is 0.167. The van der Waals surface area contributed by atoms with Crippen LogP contribution in [-0.4, -0.2) is 42.3 Å². The normalized spacial score (nSPS) is 12.5. The summed E-state index contributed by atoms with van der Waals surface area (Å²) >= 11 is 0. The van der Waals surface area contributed by atoms with Gasteiger partial charge in [-0.25, -0.2) is 0 Å². The van der Waals surface area contributed by atoms with Crippen molar-refractivity contribution in [3.05, 3.63) is 64.7 Å². The average molecular weight is 325 g/mol. The van der Waals surface area contributed by atoms with E-state index in [-0.39, 0.29) is 36.2 Å². The number of ketones is 2. The molecule has 4 N–H and O–H groups in total. The van der Waals surface area contributed by atoms with Gasteiger partial charge in [0, 0.05) is 16.7 Å². The lowest BCUT2D eigenvalue weighted by Crippen LogP contribution is -2.87. The van der Waals surface area contributed by atoms with Crippen LogP contribution in [0.4, 0.5) is 5.69 Å². The van der Waals surface area contributed by atoms with Crippen LogP contribution in [0.2, 0.25) is 0 Å². The molecule has 3 rings (SSSR count). The van der Waals surface area contributed by atoms with Crippen molar-refractivity contribution in [1.82, 2.24) is 0 Å². The lowest BCUT2D eigenvalue weighted by atomic mass is 9.83. The molecule has 6 nitrogen and oxygen atoms in total. The molecular weight excluding hydrogens is 308 g/mol. The van der Waals surface area contributed by atoms with Crippen LogP contribution in [0, 0.1) is 0 Å². The van der Waals surface area contributed by atoms with Crippen LogP contribution in [0.3, 0.4) is 0 Å². The summed E-state index contributed by atoms with van der Waals surface area (Å²) in [6.07, 6.45) is 0. The molecular formula is C18H17N2O4+. The van der Waals surface area contributed by atoms with E-state index < -0.39 is 0 Å². The van der Waals surface area contributed by atoms with Gasteiger partial charge in [-0.15, -0.1) is 0 Å². The summed E-state index contributed by atoms with van der Waals surface area (Å²) in [7, 11) is 0. The third kappa shape index (κ3) is 2.84. The molecule has 2 aromatic carbocycles. The smallest absolute Gasteiger partial charge is 0.279 e. The van der Waals surface area contributed by atoms with Gasteiger partial charge in [-0.1, -0.05) is 36.4 Å².